The predicted octanol–water partition coefficient (Wildman–Crippen LogP) is 2.92. The Bertz CT molecular complexity index is 890. The Morgan fingerprint density at radius 3 is 2.15 bits per heavy atom. The van der Waals surface area contributed by atoms with Gasteiger partial charge in [-0.05, 0) is 24.1 Å². The third-order valence-electron chi connectivity index (χ3n) is 3.87. The minimum absolute atomic E-state index is 0.0868. The minimum Gasteiger partial charge on any atom is -0.360 e. The van der Waals surface area contributed by atoms with Gasteiger partial charge in [-0.2, -0.15) is 0 Å². The van der Waals surface area contributed by atoms with Gasteiger partial charge in [0, 0.05) is 13.1 Å². The van der Waals surface area contributed by atoms with E-state index in [0.29, 0.717) is 13.0 Å². The number of benzene rings is 2. The maximum atomic E-state index is 12.9. The van der Waals surface area contributed by atoms with Crippen molar-refractivity contribution >= 4 is 20.8 Å². The van der Waals surface area contributed by atoms with E-state index in [4.69, 9.17) is 0 Å². The molecular formula is C19H21N3O3S. The van der Waals surface area contributed by atoms with Gasteiger partial charge in [-0.1, -0.05) is 61.9 Å². The normalized spacial score (nSPS) is 10.8. The van der Waals surface area contributed by atoms with Crippen LogP contribution in [0.4, 0.5) is 0 Å². The molecule has 6 nitrogen and oxygen atoms in total. The first-order valence-electron chi connectivity index (χ1n) is 8.36. The highest BCUT2D eigenvalue weighted by molar-refractivity contribution is 8.08. The van der Waals surface area contributed by atoms with E-state index in [1.807, 2.05) is 37.3 Å². The van der Waals surface area contributed by atoms with Crippen molar-refractivity contribution in [2.24, 2.45) is 0 Å². The lowest BCUT2D eigenvalue weighted by molar-refractivity contribution is -0.128. The molecule has 0 heterocycles. The summed E-state index contributed by atoms with van der Waals surface area (Å²) in [6.45, 7) is 2.59. The molecule has 2 rings (SSSR count). The molecule has 2 aromatic rings. The zero-order chi connectivity index (χ0) is 19.0. The van der Waals surface area contributed by atoms with Crippen molar-refractivity contribution in [3.63, 3.8) is 0 Å². The van der Waals surface area contributed by atoms with E-state index < -0.39 is 20.8 Å². The highest BCUT2D eigenvalue weighted by atomic mass is 32.2. The van der Waals surface area contributed by atoms with Gasteiger partial charge in [0.1, 0.15) is 0 Å². The van der Waals surface area contributed by atoms with Crippen LogP contribution in [0.15, 0.2) is 65.6 Å². The van der Waals surface area contributed by atoms with E-state index in [-0.39, 0.29) is 11.4 Å². The Balaban J connectivity index is 2.34. The predicted molar refractivity (Wildman–Crippen MR) is 99.0 cm³/mol. The SMILES string of the molecule is CCCCN(Cc1ccccc1)C(=O)C(=[N+]=[N-])S(=O)(=O)c1ccccc1. The third-order valence-corrected chi connectivity index (χ3v) is 5.53. The second-order valence-electron chi connectivity index (χ2n) is 5.79. The van der Waals surface area contributed by atoms with Crippen LogP contribution < -0.4 is 0 Å². The molecule has 0 fully saturated rings. The van der Waals surface area contributed by atoms with Crippen molar-refractivity contribution in [1.82, 2.24) is 4.90 Å². The lowest BCUT2D eigenvalue weighted by Gasteiger charge is -2.20. The van der Waals surface area contributed by atoms with Gasteiger partial charge in [-0.3, -0.25) is 4.79 Å². The van der Waals surface area contributed by atoms with Crippen LogP contribution in [0.1, 0.15) is 25.3 Å². The lowest BCUT2D eigenvalue weighted by Crippen LogP contribution is -2.40. The van der Waals surface area contributed by atoms with Crippen molar-refractivity contribution in [3.8, 4) is 0 Å². The largest absolute Gasteiger partial charge is 0.473 e. The average molecular weight is 371 g/mol. The first-order valence-corrected chi connectivity index (χ1v) is 9.84. The molecule has 0 atom stereocenters. The van der Waals surface area contributed by atoms with E-state index in [1.165, 1.54) is 17.0 Å². The fraction of sp³-hybridized carbons (Fsp3) is 0.263. The molecular weight excluding hydrogens is 350 g/mol. The van der Waals surface area contributed by atoms with Crippen LogP contribution >= 0.6 is 0 Å². The Morgan fingerprint density at radius 1 is 1.04 bits per heavy atom. The van der Waals surface area contributed by atoms with Gasteiger partial charge in [0.25, 0.3) is 9.84 Å². The summed E-state index contributed by atoms with van der Waals surface area (Å²) in [5, 5.41) is -0.865. The molecule has 0 aliphatic rings. The number of carbonyl (C=O) groups is 1. The highest BCUT2D eigenvalue weighted by Crippen LogP contribution is 2.14. The Morgan fingerprint density at radius 2 is 1.62 bits per heavy atom. The lowest BCUT2D eigenvalue weighted by atomic mass is 10.2. The summed E-state index contributed by atoms with van der Waals surface area (Å²) >= 11 is 0. The van der Waals surface area contributed by atoms with Gasteiger partial charge in [0.05, 0.1) is 4.90 Å². The molecule has 7 heteroatoms. The Hall–Kier alpha value is -2.76. The van der Waals surface area contributed by atoms with E-state index >= 15 is 0 Å². The molecule has 0 N–H and O–H groups in total. The van der Waals surface area contributed by atoms with Crippen LogP contribution in [-0.4, -0.2) is 35.6 Å². The second-order valence-corrected chi connectivity index (χ2v) is 7.65. The van der Waals surface area contributed by atoms with Crippen LogP contribution in [0.25, 0.3) is 5.53 Å². The summed E-state index contributed by atoms with van der Waals surface area (Å²) in [7, 11) is -4.20. The third kappa shape index (κ3) is 4.65. The molecule has 0 unspecified atom stereocenters. The second kappa shape index (κ2) is 9.08. The molecule has 0 radical (unpaired) electrons. The number of carbonyl (C=O) groups excluding carboxylic acids is 1. The van der Waals surface area contributed by atoms with Crippen molar-refractivity contribution in [3.05, 3.63) is 71.8 Å². The first-order chi connectivity index (χ1) is 12.5. The van der Waals surface area contributed by atoms with Crippen molar-refractivity contribution in [2.45, 2.75) is 31.2 Å². The van der Waals surface area contributed by atoms with Gasteiger partial charge in [-0.25, -0.2) is 8.42 Å². The maximum absolute atomic E-state index is 12.9. The molecule has 2 aromatic carbocycles. The number of hydrogen-bond donors (Lipinski definition) is 0. The summed E-state index contributed by atoms with van der Waals surface area (Å²) in [5.41, 5.74) is 10.2. The Labute approximate surface area is 153 Å². The van der Waals surface area contributed by atoms with Gasteiger partial charge in [0.15, 0.2) is 0 Å². The molecule has 0 saturated heterocycles. The zero-order valence-electron chi connectivity index (χ0n) is 14.6. The van der Waals surface area contributed by atoms with Crippen LogP contribution in [0.5, 0.6) is 0 Å². The van der Waals surface area contributed by atoms with Crippen LogP contribution in [0.2, 0.25) is 0 Å². The van der Waals surface area contributed by atoms with Crippen molar-refractivity contribution < 1.29 is 18.0 Å². The summed E-state index contributed by atoms with van der Waals surface area (Å²) in [5.74, 6) is -0.811. The first kappa shape index (κ1) is 19.6. The van der Waals surface area contributed by atoms with Crippen LogP contribution in [0.3, 0.4) is 0 Å². The average Bonchev–Trinajstić information content (AvgIpc) is 2.67. The number of unbranched alkanes of at least 4 members (excludes halogenated alkanes) is 1. The van der Waals surface area contributed by atoms with Crippen molar-refractivity contribution in [2.75, 3.05) is 6.54 Å². The van der Waals surface area contributed by atoms with E-state index in [9.17, 15) is 18.7 Å². The van der Waals surface area contributed by atoms with E-state index in [2.05, 4.69) is 4.79 Å². The summed E-state index contributed by atoms with van der Waals surface area (Å²) in [4.78, 5) is 17.0. The standard InChI is InChI=1S/C19H21N3O3S/c1-2-3-14-22(15-16-10-6-4-7-11-16)19(23)18(21-20)26(24,25)17-12-8-5-9-13-17/h4-13H,2-3,14-15H2,1H3. The molecule has 0 saturated carbocycles. The highest BCUT2D eigenvalue weighted by Gasteiger charge is 2.40. The number of rotatable bonds is 6. The van der Waals surface area contributed by atoms with Crippen LogP contribution in [-0.2, 0) is 21.2 Å². The minimum atomic E-state index is -4.20. The molecule has 136 valence electrons. The molecule has 26 heavy (non-hydrogen) atoms. The fourth-order valence-corrected chi connectivity index (χ4v) is 3.67. The van der Waals surface area contributed by atoms with Gasteiger partial charge >= 0.3 is 11.0 Å². The monoisotopic (exact) mass is 371 g/mol. The zero-order valence-corrected chi connectivity index (χ0v) is 15.4. The Kier molecular flexibility index (Phi) is 6.83. The van der Waals surface area contributed by atoms with Gasteiger partial charge < -0.3 is 10.4 Å². The van der Waals surface area contributed by atoms with E-state index in [1.54, 1.807) is 18.2 Å². The van der Waals surface area contributed by atoms with Gasteiger partial charge in [0.2, 0.25) is 0 Å². The van der Waals surface area contributed by atoms with Crippen molar-refractivity contribution in [1.29, 1.82) is 0 Å². The molecule has 0 spiro atoms. The number of nitrogens with zero attached hydrogens (tertiary/aromatic N) is 3. The number of amides is 1. The maximum Gasteiger partial charge on any atom is 0.473 e. The summed E-state index contributed by atoms with van der Waals surface area (Å²) < 4.78 is 25.4. The van der Waals surface area contributed by atoms with Crippen LogP contribution in [0, 0.1) is 0 Å². The quantitative estimate of drug-likeness (QED) is 0.338. The summed E-state index contributed by atoms with van der Waals surface area (Å²) in [6.07, 6.45) is 1.55. The molecule has 0 aromatic heterocycles. The van der Waals surface area contributed by atoms with Gasteiger partial charge in [-0.15, -0.1) is 4.79 Å². The van der Waals surface area contributed by atoms with E-state index in [0.717, 1.165) is 12.0 Å². The molecule has 0 bridgehead atoms. The molecule has 0 aliphatic carbocycles. The number of hydrogen-bond acceptors (Lipinski definition) is 3. The summed E-state index contributed by atoms with van der Waals surface area (Å²) in [6, 6.07) is 16.8. The molecule has 1 amide bonds. The molecule has 0 aliphatic heterocycles. The number of sulfone groups is 1. The smallest absolute Gasteiger partial charge is 0.360 e. The topological polar surface area (TPSA) is 90.8 Å². The fourth-order valence-electron chi connectivity index (χ4n) is 2.46.